The van der Waals surface area contributed by atoms with E-state index in [9.17, 15) is 30.0 Å². The minimum absolute atomic E-state index is 0.0153. The van der Waals surface area contributed by atoms with E-state index < -0.39 is 47.7 Å². The molecular formula is C40H60N2O9. The van der Waals surface area contributed by atoms with Gasteiger partial charge < -0.3 is 39.5 Å². The fraction of sp³-hybridized carbons (Fsp3) is 0.650. The lowest BCUT2D eigenvalue weighted by atomic mass is 9.88. The Kier molecular flexibility index (Phi) is 14.5. The maximum atomic E-state index is 13.4. The van der Waals surface area contributed by atoms with Crippen molar-refractivity contribution in [2.24, 2.45) is 11.8 Å². The molecular weight excluding hydrogens is 652 g/mol. The first-order chi connectivity index (χ1) is 24.1. The number of carbonyl (C=O) groups is 2. The number of aliphatic hydroxyl groups excluding tert-OH is 2. The van der Waals surface area contributed by atoms with Crippen molar-refractivity contribution >= 4 is 12.1 Å². The van der Waals surface area contributed by atoms with Crippen molar-refractivity contribution in [2.75, 3.05) is 26.2 Å². The van der Waals surface area contributed by atoms with Gasteiger partial charge in [0.05, 0.1) is 36.4 Å². The number of ether oxygens (including phenoxy) is 3. The van der Waals surface area contributed by atoms with Crippen LogP contribution in [0.25, 0.3) is 0 Å². The van der Waals surface area contributed by atoms with Crippen LogP contribution in [0.15, 0.2) is 66.3 Å². The molecule has 284 valence electrons. The summed E-state index contributed by atoms with van der Waals surface area (Å²) in [6, 6.07) is 10.2. The van der Waals surface area contributed by atoms with Crippen molar-refractivity contribution in [1.29, 1.82) is 0 Å². The summed E-state index contributed by atoms with van der Waals surface area (Å²) in [4.78, 5) is 30.2. The predicted molar refractivity (Wildman–Crippen MR) is 194 cm³/mol. The number of amides is 1. The molecule has 3 aliphatic rings. The Bertz CT molecular complexity index is 1370. The van der Waals surface area contributed by atoms with E-state index in [0.717, 1.165) is 6.54 Å². The topological polar surface area (TPSA) is 153 Å². The molecule has 1 aromatic rings. The van der Waals surface area contributed by atoms with Crippen molar-refractivity contribution in [2.45, 2.75) is 128 Å². The third kappa shape index (κ3) is 12.3. The number of hydrogen-bond acceptors (Lipinski definition) is 10. The number of esters is 1. The molecule has 0 aromatic heterocycles. The largest absolute Gasteiger partial charge is 0.457 e. The van der Waals surface area contributed by atoms with Gasteiger partial charge in [-0.3, -0.25) is 9.69 Å². The van der Waals surface area contributed by atoms with Crippen LogP contribution in [-0.4, -0.2) is 116 Å². The molecule has 0 aliphatic carbocycles. The van der Waals surface area contributed by atoms with Crippen LogP contribution in [0.1, 0.15) is 79.2 Å². The van der Waals surface area contributed by atoms with Gasteiger partial charge in [0.25, 0.3) is 0 Å². The summed E-state index contributed by atoms with van der Waals surface area (Å²) in [6.45, 7) is 14.0. The highest BCUT2D eigenvalue weighted by atomic mass is 16.6. The molecule has 10 unspecified atom stereocenters. The summed E-state index contributed by atoms with van der Waals surface area (Å²) in [7, 11) is 0. The highest BCUT2D eigenvalue weighted by Gasteiger charge is 2.47. The number of cyclic esters (lactones) is 1. The molecule has 11 nitrogen and oxygen atoms in total. The van der Waals surface area contributed by atoms with Crippen LogP contribution in [0.5, 0.6) is 0 Å². The Morgan fingerprint density at radius 1 is 1.18 bits per heavy atom. The monoisotopic (exact) mass is 712 g/mol. The molecule has 1 aromatic carbocycles. The zero-order valence-corrected chi connectivity index (χ0v) is 31.2. The van der Waals surface area contributed by atoms with E-state index in [1.54, 1.807) is 49.1 Å². The fourth-order valence-corrected chi connectivity index (χ4v) is 6.92. The number of epoxide rings is 1. The second-order valence-electron chi connectivity index (χ2n) is 15.3. The van der Waals surface area contributed by atoms with Crippen LogP contribution >= 0.6 is 0 Å². The number of hydrogen-bond donors (Lipinski definition) is 4. The first kappa shape index (κ1) is 40.7. The van der Waals surface area contributed by atoms with Crippen LogP contribution in [0.3, 0.4) is 0 Å². The Morgan fingerprint density at radius 2 is 1.86 bits per heavy atom. The molecule has 3 heterocycles. The van der Waals surface area contributed by atoms with Gasteiger partial charge in [-0.05, 0) is 57.2 Å². The van der Waals surface area contributed by atoms with Gasteiger partial charge in [0.15, 0.2) is 6.10 Å². The number of carbonyl (C=O) groups excluding carboxylic acids is 2. The third-order valence-corrected chi connectivity index (χ3v) is 10.5. The minimum Gasteiger partial charge on any atom is -0.457 e. The summed E-state index contributed by atoms with van der Waals surface area (Å²) in [5.74, 6) is -0.967. The number of rotatable bonds is 11. The molecule has 2 fully saturated rings. The van der Waals surface area contributed by atoms with Crippen molar-refractivity contribution in [3.63, 3.8) is 0 Å². The highest BCUT2D eigenvalue weighted by Crippen LogP contribution is 2.37. The Hall–Kier alpha value is -3.06. The average molecular weight is 713 g/mol. The van der Waals surface area contributed by atoms with E-state index >= 15 is 0 Å². The van der Waals surface area contributed by atoms with Crippen molar-refractivity contribution in [3.05, 3.63) is 71.8 Å². The molecule has 0 spiro atoms. The lowest BCUT2D eigenvalue weighted by Gasteiger charge is -2.37. The zero-order chi connectivity index (χ0) is 37.3. The molecule has 1 amide bonds. The Morgan fingerprint density at radius 3 is 2.53 bits per heavy atom. The highest BCUT2D eigenvalue weighted by molar-refractivity contribution is 5.70. The standard InChI is InChI=1S/C40H60N2O9/c1-7-32(44)29(4)37-33(49-37)25-39(5,47)18-11-12-27(2)36-28(3)15-16-34(40(6,48)19-17-31(43)24-35(45)51-36)50-38(46)42-22-20-41(21-23-42)26-30-13-9-8-10-14-30/h8-16,18,28-29,31-34,36-37,43-44,47-48H,7,17,19-26H2,1-6H3/b16-15+,18-11+,27-12+. The van der Waals surface area contributed by atoms with Crippen molar-refractivity contribution in [1.82, 2.24) is 9.80 Å². The maximum absolute atomic E-state index is 13.4. The van der Waals surface area contributed by atoms with Gasteiger partial charge in [-0.1, -0.05) is 75.4 Å². The summed E-state index contributed by atoms with van der Waals surface area (Å²) in [6.07, 6.45) is 5.62. The normalized spacial score (nSPS) is 32.9. The molecule has 10 atom stereocenters. The van der Waals surface area contributed by atoms with E-state index in [0.29, 0.717) is 44.6 Å². The third-order valence-electron chi connectivity index (χ3n) is 10.5. The molecule has 3 aliphatic heterocycles. The number of piperazine rings is 1. The number of aliphatic hydroxyl groups is 4. The van der Waals surface area contributed by atoms with Crippen LogP contribution in [0.4, 0.5) is 4.79 Å². The molecule has 11 heteroatoms. The van der Waals surface area contributed by atoms with E-state index in [-0.39, 0.29) is 43.3 Å². The Labute approximate surface area is 303 Å². The smallest absolute Gasteiger partial charge is 0.410 e. The summed E-state index contributed by atoms with van der Waals surface area (Å²) >= 11 is 0. The second-order valence-corrected chi connectivity index (χ2v) is 15.3. The van der Waals surface area contributed by atoms with Gasteiger partial charge in [-0.15, -0.1) is 0 Å². The summed E-state index contributed by atoms with van der Waals surface area (Å²) < 4.78 is 17.6. The summed E-state index contributed by atoms with van der Waals surface area (Å²) in [5, 5.41) is 43.4. The first-order valence-electron chi connectivity index (χ1n) is 18.5. The number of benzene rings is 1. The predicted octanol–water partition coefficient (Wildman–Crippen LogP) is 4.53. The van der Waals surface area contributed by atoms with Crippen LogP contribution < -0.4 is 0 Å². The Balaban J connectivity index is 1.42. The quantitative estimate of drug-likeness (QED) is 0.112. The lowest BCUT2D eigenvalue weighted by Crippen LogP contribution is -2.51. The van der Waals surface area contributed by atoms with Gasteiger partial charge in [0.1, 0.15) is 11.7 Å². The van der Waals surface area contributed by atoms with Gasteiger partial charge in [0, 0.05) is 51.0 Å². The van der Waals surface area contributed by atoms with Crippen LogP contribution in [-0.2, 0) is 25.5 Å². The van der Waals surface area contributed by atoms with Crippen LogP contribution in [0.2, 0.25) is 0 Å². The van der Waals surface area contributed by atoms with Crippen LogP contribution in [0, 0.1) is 11.8 Å². The minimum atomic E-state index is -1.50. The average Bonchev–Trinajstić information content (AvgIpc) is 3.85. The first-order valence-corrected chi connectivity index (χ1v) is 18.5. The van der Waals surface area contributed by atoms with Gasteiger partial charge >= 0.3 is 12.1 Å². The fourth-order valence-electron chi connectivity index (χ4n) is 6.92. The zero-order valence-electron chi connectivity index (χ0n) is 31.2. The van der Waals surface area contributed by atoms with E-state index in [1.807, 2.05) is 45.9 Å². The van der Waals surface area contributed by atoms with Crippen molar-refractivity contribution < 1.29 is 44.2 Å². The van der Waals surface area contributed by atoms with E-state index in [4.69, 9.17) is 14.2 Å². The summed E-state index contributed by atoms with van der Waals surface area (Å²) in [5.41, 5.74) is -0.750. The van der Waals surface area contributed by atoms with Crippen molar-refractivity contribution in [3.8, 4) is 0 Å². The molecule has 51 heavy (non-hydrogen) atoms. The van der Waals surface area contributed by atoms with E-state index in [2.05, 4.69) is 17.0 Å². The maximum Gasteiger partial charge on any atom is 0.410 e. The van der Waals surface area contributed by atoms with Gasteiger partial charge in [-0.25, -0.2) is 4.79 Å². The molecule has 0 radical (unpaired) electrons. The SMILES string of the molecule is CCC(O)C(C)C1OC1CC(C)(O)/C=C/C=C(\C)C1OC(=O)CC(O)CCC(C)(O)C(OC(=O)N2CCN(Cc3ccccc3)CC2)/C=C/C1C. The van der Waals surface area contributed by atoms with Gasteiger partial charge in [-0.2, -0.15) is 0 Å². The molecule has 0 bridgehead atoms. The number of allylic oxidation sites excluding steroid dienone is 2. The van der Waals surface area contributed by atoms with Gasteiger partial charge in [0.2, 0.25) is 0 Å². The molecule has 4 N–H and O–H groups in total. The lowest BCUT2D eigenvalue weighted by molar-refractivity contribution is -0.151. The second kappa shape index (κ2) is 18.1. The molecule has 2 saturated heterocycles. The molecule has 4 rings (SSSR count). The number of nitrogens with zero attached hydrogens (tertiary/aromatic N) is 2. The van der Waals surface area contributed by atoms with E-state index in [1.165, 1.54) is 5.56 Å². The molecule has 0 saturated carbocycles.